The van der Waals surface area contributed by atoms with Crippen LogP contribution in [-0.2, 0) is 17.8 Å². The molecule has 1 aliphatic heterocycles. The topological polar surface area (TPSA) is 20.3 Å². The zero-order valence-electron chi connectivity index (χ0n) is 13.1. The predicted molar refractivity (Wildman–Crippen MR) is 93.8 cm³/mol. The molecule has 1 fully saturated rings. The number of nitrogens with zero attached hydrogens (tertiary/aromatic N) is 1. The molecule has 1 aliphatic rings. The molecular weight excluding hydrogens is 286 g/mol. The van der Waals surface area contributed by atoms with Gasteiger partial charge in [0.1, 0.15) is 5.41 Å². The highest BCUT2D eigenvalue weighted by molar-refractivity contribution is 6.58. The molecule has 0 aromatic heterocycles. The van der Waals surface area contributed by atoms with Crippen LogP contribution in [-0.4, -0.2) is 33.6 Å². The smallest absolute Gasteiger partial charge is 0.105 e. The predicted octanol–water partition coefficient (Wildman–Crippen LogP) is 1.87. The van der Waals surface area contributed by atoms with E-state index in [-0.39, 0.29) is 5.92 Å². The van der Waals surface area contributed by atoms with E-state index in [9.17, 15) is 4.79 Å². The van der Waals surface area contributed by atoms with E-state index >= 15 is 0 Å². The Kier molecular flexibility index (Phi) is 4.86. The maximum atomic E-state index is 12.1. The van der Waals surface area contributed by atoms with Gasteiger partial charge in [0.2, 0.25) is 0 Å². The molecule has 0 N–H and O–H groups in total. The molecule has 1 saturated heterocycles. The average Bonchev–Trinajstić information content (AvgIpc) is 2.92. The first-order valence-electron chi connectivity index (χ1n) is 8.03. The van der Waals surface area contributed by atoms with E-state index in [0.29, 0.717) is 21.6 Å². The van der Waals surface area contributed by atoms with Crippen LogP contribution in [0.15, 0.2) is 60.7 Å². The van der Waals surface area contributed by atoms with Crippen LogP contribution >= 0.6 is 0 Å². The molecular formula is C19H23NOSi. The Morgan fingerprint density at radius 2 is 1.55 bits per heavy atom. The second-order valence-corrected chi connectivity index (χ2v) is 7.33. The van der Waals surface area contributed by atoms with Crippen molar-refractivity contribution in [3.63, 3.8) is 0 Å². The fourth-order valence-electron chi connectivity index (χ4n) is 3.52. The normalized spacial score (nSPS) is 22.0. The largest absolute Gasteiger partial charge is 0.306 e. The van der Waals surface area contributed by atoms with Crippen molar-refractivity contribution in [3.8, 4) is 0 Å². The van der Waals surface area contributed by atoms with Crippen molar-refractivity contribution in [1.29, 1.82) is 0 Å². The van der Waals surface area contributed by atoms with Gasteiger partial charge in [0, 0.05) is 25.6 Å². The number of carbonyl (C=O) groups excluding carboxylic acids is 1. The molecule has 2 aromatic rings. The second-order valence-electron chi connectivity index (χ2n) is 6.35. The van der Waals surface area contributed by atoms with Gasteiger partial charge in [-0.05, 0) is 23.5 Å². The van der Waals surface area contributed by atoms with Crippen LogP contribution in [0.1, 0.15) is 11.1 Å². The van der Waals surface area contributed by atoms with Gasteiger partial charge >= 0.3 is 0 Å². The summed E-state index contributed by atoms with van der Waals surface area (Å²) in [4.78, 5) is 14.5. The monoisotopic (exact) mass is 309 g/mol. The molecule has 0 aliphatic carbocycles. The molecule has 2 atom stereocenters. The van der Waals surface area contributed by atoms with Crippen molar-refractivity contribution in [2.45, 2.75) is 13.0 Å². The highest BCUT2D eigenvalue weighted by Gasteiger charge is 2.35. The molecule has 0 saturated carbocycles. The Hall–Kier alpha value is -1.71. The first kappa shape index (κ1) is 15.2. The molecule has 3 rings (SSSR count). The zero-order valence-corrected chi connectivity index (χ0v) is 15.1. The fourth-order valence-corrected chi connectivity index (χ4v) is 4.17. The summed E-state index contributed by atoms with van der Waals surface area (Å²) in [5, 5.41) is 0.469. The van der Waals surface area contributed by atoms with Crippen molar-refractivity contribution in [1.82, 2.24) is 4.90 Å². The van der Waals surface area contributed by atoms with Crippen LogP contribution in [0.3, 0.4) is 0 Å². The molecule has 2 aromatic carbocycles. The minimum atomic E-state index is 0.232. The summed E-state index contributed by atoms with van der Waals surface area (Å²) in [6, 6.07) is 21.1. The van der Waals surface area contributed by atoms with E-state index in [2.05, 4.69) is 65.6 Å². The first-order chi connectivity index (χ1) is 10.7. The van der Waals surface area contributed by atoms with Gasteiger partial charge in [0.15, 0.2) is 0 Å². The van der Waals surface area contributed by atoms with E-state index in [1.54, 1.807) is 0 Å². The molecule has 22 heavy (non-hydrogen) atoms. The number of rotatable bonds is 5. The van der Waals surface area contributed by atoms with Crippen molar-refractivity contribution in [3.05, 3.63) is 71.8 Å². The number of likely N-dealkylation sites (tertiary alicyclic amines) is 1. The molecule has 0 radical (unpaired) electrons. The van der Waals surface area contributed by atoms with Crippen LogP contribution in [0.4, 0.5) is 0 Å². The molecule has 3 heteroatoms. The highest BCUT2D eigenvalue weighted by atomic mass is 28.1. The van der Waals surface area contributed by atoms with Crippen LogP contribution in [0.2, 0.25) is 0 Å². The van der Waals surface area contributed by atoms with Gasteiger partial charge in [-0.3, -0.25) is 4.90 Å². The average molecular weight is 309 g/mol. The van der Waals surface area contributed by atoms with Gasteiger partial charge < -0.3 is 4.79 Å². The maximum Gasteiger partial charge on any atom is 0.105 e. The highest BCUT2D eigenvalue weighted by Crippen LogP contribution is 2.28. The molecule has 1 heterocycles. The van der Waals surface area contributed by atoms with Gasteiger partial charge in [-0.25, -0.2) is 0 Å². The number of benzene rings is 2. The van der Waals surface area contributed by atoms with Crippen LogP contribution < -0.4 is 0 Å². The van der Waals surface area contributed by atoms with Crippen LogP contribution in [0.5, 0.6) is 0 Å². The third-order valence-electron chi connectivity index (χ3n) is 4.63. The number of hydrogen-bond donors (Lipinski definition) is 0. The number of carbonyl (C=O) groups is 1. The first-order valence-corrected chi connectivity index (χ1v) is 9.03. The third-order valence-corrected chi connectivity index (χ3v) is 5.37. The molecule has 0 amide bonds. The minimum absolute atomic E-state index is 0.232. The minimum Gasteiger partial charge on any atom is -0.306 e. The molecule has 114 valence electrons. The summed E-state index contributed by atoms with van der Waals surface area (Å²) < 4.78 is 0. The van der Waals surface area contributed by atoms with Gasteiger partial charge in [0.25, 0.3) is 0 Å². The Morgan fingerprint density at radius 1 is 0.955 bits per heavy atom. The Bertz CT molecular complexity index is 614. The summed E-state index contributed by atoms with van der Waals surface area (Å²) in [6.45, 7) is 2.91. The number of hydrogen-bond acceptors (Lipinski definition) is 2. The van der Waals surface area contributed by atoms with Crippen molar-refractivity contribution in [2.75, 3.05) is 13.1 Å². The van der Waals surface area contributed by atoms with E-state index in [1.165, 1.54) is 11.1 Å². The van der Waals surface area contributed by atoms with E-state index in [4.69, 9.17) is 0 Å². The summed E-state index contributed by atoms with van der Waals surface area (Å²) in [7, 11) is 0.665. The Morgan fingerprint density at radius 3 is 2.14 bits per heavy atom. The van der Waals surface area contributed by atoms with Gasteiger partial charge in [-0.1, -0.05) is 60.7 Å². The van der Waals surface area contributed by atoms with E-state index < -0.39 is 0 Å². The lowest BCUT2D eigenvalue weighted by Crippen LogP contribution is -2.24. The van der Waals surface area contributed by atoms with Crippen molar-refractivity contribution < 1.29 is 4.79 Å². The van der Waals surface area contributed by atoms with Gasteiger partial charge in [0.05, 0.1) is 10.2 Å². The van der Waals surface area contributed by atoms with Crippen LogP contribution in [0, 0.1) is 11.8 Å². The zero-order chi connectivity index (χ0) is 15.4. The quantitative estimate of drug-likeness (QED) is 0.786. The lowest BCUT2D eigenvalue weighted by Gasteiger charge is -2.16. The van der Waals surface area contributed by atoms with E-state index in [1.807, 2.05) is 0 Å². The second kappa shape index (κ2) is 7.03. The van der Waals surface area contributed by atoms with Gasteiger partial charge in [-0.2, -0.15) is 0 Å². The molecule has 0 unspecified atom stereocenters. The molecule has 0 spiro atoms. The summed E-state index contributed by atoms with van der Waals surface area (Å²) in [5.74, 6) is 0.701. The Labute approximate surface area is 135 Å². The summed E-state index contributed by atoms with van der Waals surface area (Å²) in [5.41, 5.74) is 2.68. The van der Waals surface area contributed by atoms with Crippen LogP contribution in [0.25, 0.3) is 0 Å². The standard InChI is InChI=1S/C19H23NOSi/c21-19(22)18-14-20(12-16-9-5-2-6-10-16)13-17(18)11-15-7-3-1-4-8-15/h1-10,17-18H,11-14H2,22H3/t17-,18-/m1/s1. The third kappa shape index (κ3) is 3.73. The Balaban J connectivity index is 1.68. The molecule has 2 nitrogen and oxygen atoms in total. The molecule has 0 bridgehead atoms. The summed E-state index contributed by atoms with van der Waals surface area (Å²) >= 11 is 0. The summed E-state index contributed by atoms with van der Waals surface area (Å²) in [6.07, 6.45) is 1.02. The van der Waals surface area contributed by atoms with E-state index in [0.717, 1.165) is 26.1 Å². The fraction of sp³-hybridized carbons (Fsp3) is 0.316. The van der Waals surface area contributed by atoms with Gasteiger partial charge in [-0.15, -0.1) is 0 Å². The SMILES string of the molecule is O=C([SiH3])[C@@H]1CN(Cc2ccccc2)C[C@H]1Cc1ccccc1. The lowest BCUT2D eigenvalue weighted by molar-refractivity contribution is -0.115. The van der Waals surface area contributed by atoms with Crippen molar-refractivity contribution in [2.24, 2.45) is 11.8 Å². The van der Waals surface area contributed by atoms with Crippen molar-refractivity contribution >= 4 is 15.6 Å². The lowest BCUT2D eigenvalue weighted by atomic mass is 9.90. The maximum absolute atomic E-state index is 12.1.